The van der Waals surface area contributed by atoms with Gasteiger partial charge in [-0.1, -0.05) is 6.07 Å². The number of nitrogens with zero attached hydrogens (tertiary/aromatic N) is 1. The van der Waals surface area contributed by atoms with Crippen LogP contribution in [0.5, 0.6) is 5.75 Å². The summed E-state index contributed by atoms with van der Waals surface area (Å²) in [6.45, 7) is 5.81. The Balaban J connectivity index is 1.94. The Morgan fingerprint density at radius 3 is 2.50 bits per heavy atom. The molecule has 0 atom stereocenters. The van der Waals surface area contributed by atoms with Crippen LogP contribution in [0.4, 0.5) is 24.5 Å². The molecule has 0 saturated heterocycles. The van der Waals surface area contributed by atoms with Crippen molar-refractivity contribution in [3.05, 3.63) is 48.0 Å². The van der Waals surface area contributed by atoms with Crippen molar-refractivity contribution in [1.82, 2.24) is 0 Å². The molecule has 0 spiro atoms. The van der Waals surface area contributed by atoms with Gasteiger partial charge in [-0.15, -0.1) is 0 Å². The summed E-state index contributed by atoms with van der Waals surface area (Å²) in [5.74, 6) is 0.182. The number of hydrogen-bond acceptors (Lipinski definition) is 4. The van der Waals surface area contributed by atoms with Crippen LogP contribution in [0.25, 0.3) is 0 Å². The molecule has 1 heterocycles. The fourth-order valence-electron chi connectivity index (χ4n) is 3.08. The maximum Gasteiger partial charge on any atom is 0.416 e. The molecule has 30 heavy (non-hydrogen) atoms. The van der Waals surface area contributed by atoms with Crippen LogP contribution in [0, 0.1) is 5.41 Å². The first kappa shape index (κ1) is 21.9. The quantitative estimate of drug-likeness (QED) is 0.767. The van der Waals surface area contributed by atoms with Gasteiger partial charge in [0, 0.05) is 12.6 Å². The molecule has 0 aliphatic carbocycles. The van der Waals surface area contributed by atoms with E-state index in [4.69, 9.17) is 4.74 Å². The van der Waals surface area contributed by atoms with Crippen molar-refractivity contribution in [2.45, 2.75) is 31.8 Å². The second-order valence-corrected chi connectivity index (χ2v) is 9.22. The van der Waals surface area contributed by atoms with Gasteiger partial charge < -0.3 is 9.64 Å². The lowest BCUT2D eigenvalue weighted by Gasteiger charge is -2.26. The minimum absolute atomic E-state index is 0.0964. The average molecular weight is 442 g/mol. The van der Waals surface area contributed by atoms with Gasteiger partial charge in [0.15, 0.2) is 0 Å². The Labute approximate surface area is 172 Å². The summed E-state index contributed by atoms with van der Waals surface area (Å²) < 4.78 is 72.0. The number of fused-ring (bicyclic) bond motifs is 1. The fourth-order valence-corrected chi connectivity index (χ4v) is 4.17. The van der Waals surface area contributed by atoms with Gasteiger partial charge in [-0.05, 0) is 51.1 Å². The van der Waals surface area contributed by atoms with E-state index in [2.05, 4.69) is 4.72 Å². The summed E-state index contributed by atoms with van der Waals surface area (Å²) in [6.07, 6.45) is -4.66. The molecule has 0 bridgehead atoms. The number of alkyl halides is 3. The third kappa shape index (κ3) is 4.23. The molecule has 2 aromatic rings. The minimum Gasteiger partial charge on any atom is -0.490 e. The molecular formula is C20H21F3N2O4S. The second kappa shape index (κ2) is 7.50. The van der Waals surface area contributed by atoms with Gasteiger partial charge in [0.1, 0.15) is 12.4 Å². The molecule has 0 unspecified atom stereocenters. The SMILES string of the molecule is CCN1C(=O)C(C)(C)COc2cc(NS(=O)(=O)c3cccc(C(F)(F)F)c3)ccc21. The maximum atomic E-state index is 12.9. The monoisotopic (exact) mass is 442 g/mol. The first-order valence-electron chi connectivity index (χ1n) is 9.14. The van der Waals surface area contributed by atoms with Crippen molar-refractivity contribution < 1.29 is 31.1 Å². The molecule has 1 aliphatic heterocycles. The van der Waals surface area contributed by atoms with Gasteiger partial charge in [0.05, 0.1) is 27.2 Å². The molecule has 1 aliphatic rings. The summed E-state index contributed by atoms with van der Waals surface area (Å²) >= 11 is 0. The van der Waals surface area contributed by atoms with Crippen LogP contribution in [0.3, 0.4) is 0 Å². The summed E-state index contributed by atoms with van der Waals surface area (Å²) in [6, 6.07) is 7.87. The van der Waals surface area contributed by atoms with Crippen LogP contribution in [-0.2, 0) is 21.0 Å². The molecule has 0 aromatic heterocycles. The third-order valence-electron chi connectivity index (χ3n) is 4.70. The van der Waals surface area contributed by atoms with E-state index in [1.54, 1.807) is 24.8 Å². The van der Waals surface area contributed by atoms with E-state index in [1.165, 1.54) is 12.1 Å². The normalized spacial score (nSPS) is 16.5. The number of amides is 1. The molecule has 162 valence electrons. The predicted octanol–water partition coefficient (Wildman–Crippen LogP) is 4.28. The smallest absolute Gasteiger partial charge is 0.416 e. The Kier molecular flexibility index (Phi) is 5.48. The lowest BCUT2D eigenvalue weighted by Crippen LogP contribution is -2.42. The summed E-state index contributed by atoms with van der Waals surface area (Å²) in [4.78, 5) is 13.7. The number of hydrogen-bond donors (Lipinski definition) is 1. The zero-order valence-corrected chi connectivity index (χ0v) is 17.4. The number of ether oxygens (including phenoxy) is 1. The Hall–Kier alpha value is -2.75. The molecule has 3 rings (SSSR count). The van der Waals surface area contributed by atoms with Gasteiger partial charge in [-0.3, -0.25) is 9.52 Å². The molecule has 0 radical (unpaired) electrons. The van der Waals surface area contributed by atoms with Gasteiger partial charge in [0.25, 0.3) is 10.0 Å². The van der Waals surface area contributed by atoms with E-state index < -0.39 is 32.1 Å². The highest BCUT2D eigenvalue weighted by Gasteiger charge is 2.37. The molecule has 2 aromatic carbocycles. The highest BCUT2D eigenvalue weighted by atomic mass is 32.2. The number of rotatable bonds is 4. The van der Waals surface area contributed by atoms with Crippen LogP contribution in [-0.4, -0.2) is 27.5 Å². The highest BCUT2D eigenvalue weighted by Crippen LogP contribution is 2.38. The summed E-state index contributed by atoms with van der Waals surface area (Å²) in [5, 5.41) is 0. The van der Waals surface area contributed by atoms with E-state index in [0.29, 0.717) is 24.0 Å². The molecule has 0 saturated carbocycles. The van der Waals surface area contributed by atoms with E-state index in [9.17, 15) is 26.4 Å². The number of sulfonamides is 1. The van der Waals surface area contributed by atoms with E-state index in [0.717, 1.165) is 18.2 Å². The molecule has 1 amide bonds. The predicted molar refractivity (Wildman–Crippen MR) is 106 cm³/mol. The van der Waals surface area contributed by atoms with Crippen LogP contribution in [0.2, 0.25) is 0 Å². The molecule has 6 nitrogen and oxygen atoms in total. The average Bonchev–Trinajstić information content (AvgIpc) is 2.76. The summed E-state index contributed by atoms with van der Waals surface area (Å²) in [7, 11) is -4.27. The van der Waals surface area contributed by atoms with E-state index >= 15 is 0 Å². The van der Waals surface area contributed by atoms with Crippen LogP contribution >= 0.6 is 0 Å². The molecule has 1 N–H and O–H groups in total. The lowest BCUT2D eigenvalue weighted by molar-refractivity contribution is -0.137. The Bertz CT molecular complexity index is 1080. The Morgan fingerprint density at radius 2 is 1.87 bits per heavy atom. The number of carbonyl (C=O) groups excluding carboxylic acids is 1. The van der Waals surface area contributed by atoms with Crippen molar-refractivity contribution in [2.24, 2.45) is 5.41 Å². The van der Waals surface area contributed by atoms with E-state index in [1.807, 2.05) is 6.92 Å². The zero-order valence-electron chi connectivity index (χ0n) is 16.6. The van der Waals surface area contributed by atoms with Crippen LogP contribution < -0.4 is 14.4 Å². The minimum atomic E-state index is -4.66. The number of nitrogens with one attached hydrogen (secondary N) is 1. The first-order chi connectivity index (χ1) is 13.8. The van der Waals surface area contributed by atoms with Crippen molar-refractivity contribution in [3.8, 4) is 5.75 Å². The number of anilines is 2. The van der Waals surface area contributed by atoms with Crippen molar-refractivity contribution in [1.29, 1.82) is 0 Å². The molecule has 10 heteroatoms. The van der Waals surface area contributed by atoms with Crippen molar-refractivity contribution in [3.63, 3.8) is 0 Å². The van der Waals surface area contributed by atoms with Gasteiger partial charge in [0.2, 0.25) is 5.91 Å². The highest BCUT2D eigenvalue weighted by molar-refractivity contribution is 7.92. The fraction of sp³-hybridized carbons (Fsp3) is 0.350. The zero-order chi connectivity index (χ0) is 22.3. The lowest BCUT2D eigenvalue weighted by atomic mass is 9.93. The van der Waals surface area contributed by atoms with Gasteiger partial charge >= 0.3 is 6.18 Å². The van der Waals surface area contributed by atoms with E-state index in [-0.39, 0.29) is 18.2 Å². The summed E-state index contributed by atoms with van der Waals surface area (Å²) in [5.41, 5.74) is -1.23. The maximum absolute atomic E-state index is 12.9. The van der Waals surface area contributed by atoms with Crippen LogP contribution in [0.15, 0.2) is 47.4 Å². The number of benzene rings is 2. The Morgan fingerprint density at radius 1 is 1.17 bits per heavy atom. The largest absolute Gasteiger partial charge is 0.490 e. The van der Waals surface area contributed by atoms with Crippen molar-refractivity contribution in [2.75, 3.05) is 22.8 Å². The standard InChI is InChI=1S/C20H21F3N2O4S/c1-4-25-16-9-8-14(11-17(16)29-12-19(2,3)18(25)26)24-30(27,28)15-7-5-6-13(10-15)20(21,22)23/h5-11,24H,4,12H2,1-3H3. The number of halogens is 3. The molecule has 0 fully saturated rings. The number of carbonyl (C=O) groups is 1. The molecular weight excluding hydrogens is 421 g/mol. The van der Waals surface area contributed by atoms with Gasteiger partial charge in [-0.25, -0.2) is 8.42 Å². The van der Waals surface area contributed by atoms with Crippen LogP contribution in [0.1, 0.15) is 26.3 Å². The first-order valence-corrected chi connectivity index (χ1v) is 10.6. The second-order valence-electron chi connectivity index (χ2n) is 7.54. The van der Waals surface area contributed by atoms with Gasteiger partial charge in [-0.2, -0.15) is 13.2 Å². The topological polar surface area (TPSA) is 75.7 Å². The van der Waals surface area contributed by atoms with Crippen molar-refractivity contribution >= 4 is 27.3 Å². The third-order valence-corrected chi connectivity index (χ3v) is 6.08.